The van der Waals surface area contributed by atoms with Crippen molar-refractivity contribution >= 4 is 21.8 Å². The fraction of sp³-hybridized carbons (Fsp3) is 0.167. The largest absolute Gasteiger partial charge is 0.337 e. The van der Waals surface area contributed by atoms with Gasteiger partial charge in [0.2, 0.25) is 11.7 Å². The number of nitrogens with zero attached hydrogens (tertiary/aromatic N) is 3. The van der Waals surface area contributed by atoms with Crippen LogP contribution in [0.3, 0.4) is 0 Å². The number of benzene rings is 2. The summed E-state index contributed by atoms with van der Waals surface area (Å²) in [7, 11) is 1.71. The Morgan fingerprint density at radius 1 is 1.21 bits per heavy atom. The minimum absolute atomic E-state index is 0.105. The zero-order chi connectivity index (χ0) is 17.1. The number of hydrogen-bond donors (Lipinski definition) is 0. The van der Waals surface area contributed by atoms with Crippen LogP contribution in [-0.4, -0.2) is 28.0 Å². The molecule has 2 aromatic carbocycles. The van der Waals surface area contributed by atoms with E-state index in [-0.39, 0.29) is 12.5 Å². The highest BCUT2D eigenvalue weighted by Gasteiger charge is 2.16. The van der Waals surface area contributed by atoms with E-state index in [1.165, 1.54) is 5.56 Å². The molecule has 0 aliphatic heterocycles. The molecule has 1 aromatic heterocycles. The van der Waals surface area contributed by atoms with Crippen LogP contribution in [0.2, 0.25) is 0 Å². The third-order valence-corrected chi connectivity index (χ3v) is 4.06. The molecule has 122 valence electrons. The van der Waals surface area contributed by atoms with Gasteiger partial charge < -0.3 is 9.42 Å². The van der Waals surface area contributed by atoms with Gasteiger partial charge in [0.25, 0.3) is 5.91 Å². The van der Waals surface area contributed by atoms with Crippen molar-refractivity contribution in [1.29, 1.82) is 0 Å². The van der Waals surface area contributed by atoms with Crippen LogP contribution < -0.4 is 0 Å². The maximum absolute atomic E-state index is 12.4. The van der Waals surface area contributed by atoms with Crippen LogP contribution in [0.4, 0.5) is 0 Å². The molecule has 0 spiro atoms. The molecule has 0 atom stereocenters. The van der Waals surface area contributed by atoms with Gasteiger partial charge >= 0.3 is 0 Å². The molecule has 0 radical (unpaired) electrons. The van der Waals surface area contributed by atoms with Gasteiger partial charge in [0.05, 0.1) is 6.54 Å². The molecule has 1 heterocycles. The highest BCUT2D eigenvalue weighted by molar-refractivity contribution is 9.10. The van der Waals surface area contributed by atoms with E-state index in [0.29, 0.717) is 17.3 Å². The van der Waals surface area contributed by atoms with Crippen molar-refractivity contribution in [2.45, 2.75) is 13.5 Å². The number of halogens is 1. The van der Waals surface area contributed by atoms with Crippen LogP contribution >= 0.6 is 15.9 Å². The Balaban J connectivity index is 1.72. The van der Waals surface area contributed by atoms with Crippen molar-refractivity contribution in [3.05, 3.63) is 70.0 Å². The van der Waals surface area contributed by atoms with Crippen molar-refractivity contribution in [1.82, 2.24) is 15.0 Å². The number of hydrogen-bond acceptors (Lipinski definition) is 4. The first-order valence-electron chi connectivity index (χ1n) is 7.43. The first-order chi connectivity index (χ1) is 11.5. The predicted molar refractivity (Wildman–Crippen MR) is 94.4 cm³/mol. The van der Waals surface area contributed by atoms with E-state index in [4.69, 9.17) is 4.52 Å². The molecule has 1 amide bonds. The van der Waals surface area contributed by atoms with Gasteiger partial charge in [-0.05, 0) is 25.1 Å². The second kappa shape index (κ2) is 6.97. The molecule has 0 aliphatic rings. The lowest BCUT2D eigenvalue weighted by atomic mass is 10.1. The van der Waals surface area contributed by atoms with E-state index in [0.717, 1.165) is 10.0 Å². The Hall–Kier alpha value is -2.47. The lowest BCUT2D eigenvalue weighted by Gasteiger charge is -2.14. The highest BCUT2D eigenvalue weighted by atomic mass is 79.9. The monoisotopic (exact) mass is 385 g/mol. The van der Waals surface area contributed by atoms with E-state index < -0.39 is 0 Å². The molecular formula is C18H16BrN3O2. The molecule has 0 saturated heterocycles. The molecule has 5 nitrogen and oxygen atoms in total. The summed E-state index contributed by atoms with van der Waals surface area (Å²) in [6.07, 6.45) is 0. The topological polar surface area (TPSA) is 59.2 Å². The maximum Gasteiger partial charge on any atom is 0.254 e. The third kappa shape index (κ3) is 3.71. The van der Waals surface area contributed by atoms with Gasteiger partial charge in [0, 0.05) is 22.6 Å². The second-order valence-electron chi connectivity index (χ2n) is 5.55. The van der Waals surface area contributed by atoms with Gasteiger partial charge in [0.1, 0.15) is 0 Å². The molecule has 24 heavy (non-hydrogen) atoms. The first kappa shape index (κ1) is 16.4. The third-order valence-electron chi connectivity index (χ3n) is 3.57. The molecule has 0 fully saturated rings. The van der Waals surface area contributed by atoms with Gasteiger partial charge in [-0.15, -0.1) is 0 Å². The van der Waals surface area contributed by atoms with E-state index in [1.54, 1.807) is 24.1 Å². The summed E-state index contributed by atoms with van der Waals surface area (Å²) in [5.41, 5.74) is 2.66. The summed E-state index contributed by atoms with van der Waals surface area (Å²) < 4.78 is 6.13. The zero-order valence-electron chi connectivity index (χ0n) is 13.4. The van der Waals surface area contributed by atoms with Crippen LogP contribution in [-0.2, 0) is 6.54 Å². The van der Waals surface area contributed by atoms with Gasteiger partial charge in [-0.1, -0.05) is 57.0 Å². The number of carbonyl (C=O) groups excluding carboxylic acids is 1. The van der Waals surface area contributed by atoms with Crippen molar-refractivity contribution in [3.8, 4) is 11.4 Å². The lowest BCUT2D eigenvalue weighted by Crippen LogP contribution is -2.26. The zero-order valence-corrected chi connectivity index (χ0v) is 14.9. The SMILES string of the molecule is Cc1ccc(-c2noc(CN(C)C(=O)c3cccc(Br)c3)n2)cc1. The molecule has 0 saturated carbocycles. The summed E-state index contributed by atoms with van der Waals surface area (Å²) in [6, 6.07) is 15.1. The van der Waals surface area contributed by atoms with Crippen LogP contribution in [0.5, 0.6) is 0 Å². The first-order valence-corrected chi connectivity index (χ1v) is 8.23. The Morgan fingerprint density at radius 3 is 2.67 bits per heavy atom. The predicted octanol–water partition coefficient (Wildman–Crippen LogP) is 4.08. The van der Waals surface area contributed by atoms with Crippen LogP contribution in [0.15, 0.2) is 57.5 Å². The van der Waals surface area contributed by atoms with E-state index in [9.17, 15) is 4.79 Å². The Bertz CT molecular complexity index is 859. The minimum Gasteiger partial charge on any atom is -0.337 e. The van der Waals surface area contributed by atoms with E-state index in [1.807, 2.05) is 43.3 Å². The fourth-order valence-electron chi connectivity index (χ4n) is 2.26. The normalized spacial score (nSPS) is 10.6. The number of carbonyl (C=O) groups is 1. The van der Waals surface area contributed by atoms with E-state index in [2.05, 4.69) is 26.1 Å². The van der Waals surface area contributed by atoms with Crippen molar-refractivity contribution < 1.29 is 9.32 Å². The van der Waals surface area contributed by atoms with Crippen LogP contribution in [0.1, 0.15) is 21.8 Å². The Kier molecular flexibility index (Phi) is 4.76. The average molecular weight is 386 g/mol. The molecule has 3 aromatic rings. The molecule has 0 aliphatic carbocycles. The van der Waals surface area contributed by atoms with E-state index >= 15 is 0 Å². The Labute approximate surface area is 148 Å². The van der Waals surface area contributed by atoms with Crippen molar-refractivity contribution in [2.75, 3.05) is 7.05 Å². The lowest BCUT2D eigenvalue weighted by molar-refractivity contribution is 0.0769. The van der Waals surface area contributed by atoms with Gasteiger partial charge in [-0.2, -0.15) is 4.98 Å². The number of aromatic nitrogens is 2. The average Bonchev–Trinajstić information content (AvgIpc) is 3.03. The molecule has 3 rings (SSSR count). The molecule has 6 heteroatoms. The molecule has 0 bridgehead atoms. The maximum atomic E-state index is 12.4. The van der Waals surface area contributed by atoms with Crippen molar-refractivity contribution in [3.63, 3.8) is 0 Å². The number of rotatable bonds is 4. The number of amides is 1. The number of aryl methyl sites for hydroxylation is 1. The molecule has 0 unspecified atom stereocenters. The fourth-order valence-corrected chi connectivity index (χ4v) is 2.65. The summed E-state index contributed by atoms with van der Waals surface area (Å²) in [4.78, 5) is 18.3. The highest BCUT2D eigenvalue weighted by Crippen LogP contribution is 2.18. The minimum atomic E-state index is -0.105. The summed E-state index contributed by atoms with van der Waals surface area (Å²) in [6.45, 7) is 2.28. The quantitative estimate of drug-likeness (QED) is 0.678. The smallest absolute Gasteiger partial charge is 0.254 e. The van der Waals surface area contributed by atoms with Gasteiger partial charge in [-0.3, -0.25) is 4.79 Å². The van der Waals surface area contributed by atoms with Crippen molar-refractivity contribution in [2.24, 2.45) is 0 Å². The summed E-state index contributed by atoms with van der Waals surface area (Å²) >= 11 is 3.37. The van der Waals surface area contributed by atoms with Crippen LogP contribution in [0.25, 0.3) is 11.4 Å². The standard InChI is InChI=1S/C18H16BrN3O2/c1-12-6-8-13(9-7-12)17-20-16(24-21-17)11-22(2)18(23)14-4-3-5-15(19)10-14/h3-10H,11H2,1-2H3. The van der Waals surface area contributed by atoms with Gasteiger partial charge in [0.15, 0.2) is 0 Å². The molecular weight excluding hydrogens is 370 g/mol. The summed E-state index contributed by atoms with van der Waals surface area (Å²) in [5.74, 6) is 0.816. The second-order valence-corrected chi connectivity index (χ2v) is 6.46. The summed E-state index contributed by atoms with van der Waals surface area (Å²) in [5, 5.41) is 3.98. The van der Waals surface area contributed by atoms with Crippen LogP contribution in [0, 0.1) is 6.92 Å². The Morgan fingerprint density at radius 2 is 1.96 bits per heavy atom. The van der Waals surface area contributed by atoms with Gasteiger partial charge in [-0.25, -0.2) is 0 Å². The molecule has 0 N–H and O–H groups in total.